The number of imidazole rings is 1. The van der Waals surface area contributed by atoms with Crippen molar-refractivity contribution in [2.45, 2.75) is 33.7 Å². The molecule has 0 aliphatic carbocycles. The molecule has 77 valence electrons. The Morgan fingerprint density at radius 3 is 2.79 bits per heavy atom. The van der Waals surface area contributed by atoms with Gasteiger partial charge in [-0.05, 0) is 20.8 Å². The third kappa shape index (κ3) is 2.58. The number of ether oxygens (including phenoxy) is 1. The van der Waals surface area contributed by atoms with Gasteiger partial charge in [-0.25, -0.2) is 4.98 Å². The highest BCUT2D eigenvalue weighted by Gasteiger charge is 2.06. The Kier molecular flexibility index (Phi) is 3.68. The van der Waals surface area contributed by atoms with Crippen LogP contribution in [-0.2, 0) is 16.1 Å². The minimum atomic E-state index is -0.174. The highest BCUT2D eigenvalue weighted by molar-refractivity contribution is 5.69. The van der Waals surface area contributed by atoms with Crippen molar-refractivity contribution in [2.75, 3.05) is 6.61 Å². The van der Waals surface area contributed by atoms with E-state index in [9.17, 15) is 4.79 Å². The number of aryl methyl sites for hydroxylation is 2. The third-order valence-electron chi connectivity index (χ3n) is 2.11. The quantitative estimate of drug-likeness (QED) is 0.679. The molecule has 1 heterocycles. The lowest BCUT2D eigenvalue weighted by Crippen LogP contribution is -2.09. The van der Waals surface area contributed by atoms with Gasteiger partial charge in [-0.1, -0.05) is 0 Å². The highest BCUT2D eigenvalue weighted by atomic mass is 16.5. The Bertz CT molecular complexity index is 318. The lowest BCUT2D eigenvalue weighted by Gasteiger charge is -2.04. The van der Waals surface area contributed by atoms with Gasteiger partial charge in [0.2, 0.25) is 0 Å². The first-order chi connectivity index (χ1) is 6.65. The van der Waals surface area contributed by atoms with Crippen LogP contribution in [0.5, 0.6) is 0 Å². The maximum absolute atomic E-state index is 11.1. The molecule has 1 aromatic rings. The molecule has 4 nitrogen and oxygen atoms in total. The van der Waals surface area contributed by atoms with Gasteiger partial charge in [0.1, 0.15) is 0 Å². The van der Waals surface area contributed by atoms with Crippen LogP contribution in [0, 0.1) is 20.2 Å². The second-order valence-corrected chi connectivity index (χ2v) is 3.09. The predicted octanol–water partition coefficient (Wildman–Crippen LogP) is 1.25. The molecule has 0 bridgehead atoms. The van der Waals surface area contributed by atoms with Crippen LogP contribution in [0.4, 0.5) is 0 Å². The largest absolute Gasteiger partial charge is 0.466 e. The van der Waals surface area contributed by atoms with E-state index in [1.54, 1.807) is 6.92 Å². The number of esters is 1. The van der Waals surface area contributed by atoms with Crippen LogP contribution in [0.25, 0.3) is 0 Å². The Morgan fingerprint density at radius 2 is 2.29 bits per heavy atom. The fraction of sp³-hybridized carbons (Fsp3) is 0.600. The average Bonchev–Trinajstić information content (AvgIpc) is 2.46. The summed E-state index contributed by atoms with van der Waals surface area (Å²) in [6.07, 6.45) is 3.21. The molecule has 0 spiro atoms. The van der Waals surface area contributed by atoms with E-state index in [0.29, 0.717) is 19.6 Å². The summed E-state index contributed by atoms with van der Waals surface area (Å²) in [7, 11) is 0. The van der Waals surface area contributed by atoms with Crippen LogP contribution >= 0.6 is 0 Å². The van der Waals surface area contributed by atoms with Crippen LogP contribution in [0.1, 0.15) is 24.7 Å². The van der Waals surface area contributed by atoms with Gasteiger partial charge in [0.15, 0.2) is 6.33 Å². The molecular formula is C10H15N2O2. The van der Waals surface area contributed by atoms with Crippen LogP contribution in [0.2, 0.25) is 0 Å². The van der Waals surface area contributed by atoms with Gasteiger partial charge in [0.25, 0.3) is 0 Å². The molecule has 0 aliphatic rings. The SMILES string of the molecule is CCOC(=O)CCn1[c]nc(C)c1C. The van der Waals surface area contributed by atoms with Crippen LogP contribution in [0.15, 0.2) is 0 Å². The van der Waals surface area contributed by atoms with Crippen molar-refractivity contribution >= 4 is 5.97 Å². The highest BCUT2D eigenvalue weighted by Crippen LogP contribution is 2.04. The van der Waals surface area contributed by atoms with Crippen molar-refractivity contribution in [3.05, 3.63) is 17.7 Å². The standard InChI is InChI=1S/C10H15N2O2/c1-4-14-10(13)5-6-12-7-11-8(2)9(12)3/h4-6H2,1-3H3. The van der Waals surface area contributed by atoms with Crippen LogP contribution < -0.4 is 0 Å². The number of hydrogen-bond donors (Lipinski definition) is 0. The topological polar surface area (TPSA) is 44.1 Å². The molecule has 0 unspecified atom stereocenters. The van der Waals surface area contributed by atoms with Gasteiger partial charge in [0, 0.05) is 12.2 Å². The maximum Gasteiger partial charge on any atom is 0.307 e. The van der Waals surface area contributed by atoms with Crippen molar-refractivity contribution in [2.24, 2.45) is 0 Å². The molecule has 0 saturated carbocycles. The zero-order valence-electron chi connectivity index (χ0n) is 8.83. The number of carbonyl (C=O) groups is 1. The summed E-state index contributed by atoms with van der Waals surface area (Å²) in [5.41, 5.74) is 2.00. The van der Waals surface area contributed by atoms with E-state index in [0.717, 1.165) is 11.4 Å². The molecule has 0 aliphatic heterocycles. The third-order valence-corrected chi connectivity index (χ3v) is 2.11. The summed E-state index contributed by atoms with van der Waals surface area (Å²) in [6, 6.07) is 0. The van der Waals surface area contributed by atoms with Gasteiger partial charge in [-0.15, -0.1) is 0 Å². The van der Waals surface area contributed by atoms with Crippen LogP contribution in [0.3, 0.4) is 0 Å². The van der Waals surface area contributed by atoms with E-state index in [2.05, 4.69) is 11.3 Å². The van der Waals surface area contributed by atoms with E-state index in [4.69, 9.17) is 4.74 Å². The summed E-state index contributed by atoms with van der Waals surface area (Å²) in [5, 5.41) is 0. The summed E-state index contributed by atoms with van der Waals surface area (Å²) in [4.78, 5) is 15.1. The van der Waals surface area contributed by atoms with E-state index in [1.165, 1.54) is 0 Å². The van der Waals surface area contributed by atoms with E-state index in [1.807, 2.05) is 18.4 Å². The number of aromatic nitrogens is 2. The first-order valence-corrected chi connectivity index (χ1v) is 4.72. The van der Waals surface area contributed by atoms with Gasteiger partial charge in [0.05, 0.1) is 18.7 Å². The first kappa shape index (κ1) is 10.8. The zero-order chi connectivity index (χ0) is 10.6. The van der Waals surface area contributed by atoms with Gasteiger partial charge in [-0.2, -0.15) is 0 Å². The van der Waals surface area contributed by atoms with Gasteiger partial charge < -0.3 is 9.30 Å². The molecule has 0 amide bonds. The molecule has 0 fully saturated rings. The number of nitrogens with zero attached hydrogens (tertiary/aromatic N) is 2. The smallest absolute Gasteiger partial charge is 0.307 e. The normalized spacial score (nSPS) is 10.2. The minimum absolute atomic E-state index is 0.174. The van der Waals surface area contributed by atoms with Crippen molar-refractivity contribution < 1.29 is 9.53 Å². The number of rotatable bonds is 4. The fourth-order valence-corrected chi connectivity index (χ4v) is 1.14. The molecule has 1 radical (unpaired) electrons. The number of hydrogen-bond acceptors (Lipinski definition) is 3. The summed E-state index contributed by atoms with van der Waals surface area (Å²) in [6.45, 7) is 6.71. The first-order valence-electron chi connectivity index (χ1n) is 4.72. The predicted molar refractivity (Wildman–Crippen MR) is 51.8 cm³/mol. The Hall–Kier alpha value is -1.32. The second kappa shape index (κ2) is 4.79. The second-order valence-electron chi connectivity index (χ2n) is 3.09. The van der Waals surface area contributed by atoms with Crippen molar-refractivity contribution in [3.8, 4) is 0 Å². The zero-order valence-corrected chi connectivity index (χ0v) is 8.83. The number of carbonyl (C=O) groups excluding carboxylic acids is 1. The maximum atomic E-state index is 11.1. The molecular weight excluding hydrogens is 180 g/mol. The lowest BCUT2D eigenvalue weighted by molar-refractivity contribution is -0.143. The van der Waals surface area contributed by atoms with Gasteiger partial charge in [-0.3, -0.25) is 4.79 Å². The Balaban J connectivity index is 2.46. The van der Waals surface area contributed by atoms with Crippen molar-refractivity contribution in [3.63, 3.8) is 0 Å². The molecule has 1 rings (SSSR count). The van der Waals surface area contributed by atoms with E-state index < -0.39 is 0 Å². The van der Waals surface area contributed by atoms with Gasteiger partial charge >= 0.3 is 5.97 Å². The summed E-state index contributed by atoms with van der Waals surface area (Å²) < 4.78 is 6.66. The molecule has 0 saturated heterocycles. The summed E-state index contributed by atoms with van der Waals surface area (Å²) in [5.74, 6) is -0.174. The Morgan fingerprint density at radius 1 is 1.57 bits per heavy atom. The summed E-state index contributed by atoms with van der Waals surface area (Å²) >= 11 is 0. The molecule has 1 aromatic heterocycles. The van der Waals surface area contributed by atoms with Crippen molar-refractivity contribution in [1.29, 1.82) is 0 Å². The molecule has 14 heavy (non-hydrogen) atoms. The fourth-order valence-electron chi connectivity index (χ4n) is 1.14. The van der Waals surface area contributed by atoms with Crippen molar-refractivity contribution in [1.82, 2.24) is 9.55 Å². The average molecular weight is 195 g/mol. The van der Waals surface area contributed by atoms with Crippen LogP contribution in [-0.4, -0.2) is 22.1 Å². The van der Waals surface area contributed by atoms with E-state index >= 15 is 0 Å². The lowest BCUT2D eigenvalue weighted by atomic mass is 10.3. The molecule has 0 atom stereocenters. The molecule has 4 heteroatoms. The van der Waals surface area contributed by atoms with E-state index in [-0.39, 0.29) is 5.97 Å². The Labute approximate surface area is 83.9 Å². The molecule has 0 N–H and O–H groups in total. The molecule has 0 aromatic carbocycles. The monoisotopic (exact) mass is 195 g/mol. The minimum Gasteiger partial charge on any atom is -0.466 e.